The van der Waals surface area contributed by atoms with Gasteiger partial charge in [-0.3, -0.25) is 4.79 Å². The summed E-state index contributed by atoms with van der Waals surface area (Å²) < 4.78 is 147. The van der Waals surface area contributed by atoms with Gasteiger partial charge in [-0.2, -0.15) is 26.3 Å². The van der Waals surface area contributed by atoms with Crippen LogP contribution in [0.5, 0.6) is 11.5 Å². The first kappa shape index (κ1) is 43.4. The minimum atomic E-state index is -6.11. The molecule has 0 amide bonds. The summed E-state index contributed by atoms with van der Waals surface area (Å²) >= 11 is 0. The molecule has 0 aliphatic carbocycles. The summed E-state index contributed by atoms with van der Waals surface area (Å²) in [7, 11) is 0. The molecule has 0 fully saturated rings. The lowest BCUT2D eigenvalue weighted by Crippen LogP contribution is -2.60. The number of fused-ring (bicyclic) bond motifs is 1. The van der Waals surface area contributed by atoms with Crippen LogP contribution in [-0.4, -0.2) is 54.4 Å². The molecule has 2 aromatic carbocycles. The average molecular weight is 771 g/mol. The fraction of sp³-hybridized carbons (Fsp3) is 0.556. The monoisotopic (exact) mass is 770 g/mol. The van der Waals surface area contributed by atoms with Crippen molar-refractivity contribution in [2.75, 3.05) is 13.2 Å². The maximum Gasteiger partial charge on any atom is 0.573 e. The Hall–Kier alpha value is -3.99. The first-order valence-corrected chi connectivity index (χ1v) is 16.5. The SMILES string of the molecule is CCCCCc1ccc(-c2cc3ccc(OCC(F)(F)C(F)(F)C(F)(F)COC(=O)C(C)(CC(C)(C)N)C(C)(C)N)cc3oc2=O)c(OC(F)(F)F)c1. The molecule has 3 rings (SSSR count). The molecular weight excluding hydrogens is 727 g/mol. The van der Waals surface area contributed by atoms with Gasteiger partial charge in [0.15, 0.2) is 13.2 Å². The van der Waals surface area contributed by atoms with Crippen LogP contribution in [0.4, 0.5) is 39.5 Å². The van der Waals surface area contributed by atoms with E-state index in [1.54, 1.807) is 0 Å². The van der Waals surface area contributed by atoms with Crippen LogP contribution in [0.1, 0.15) is 72.8 Å². The largest absolute Gasteiger partial charge is 0.573 e. The van der Waals surface area contributed by atoms with E-state index in [-0.39, 0.29) is 28.5 Å². The van der Waals surface area contributed by atoms with Gasteiger partial charge in [0.2, 0.25) is 0 Å². The van der Waals surface area contributed by atoms with E-state index in [0.29, 0.717) is 18.4 Å². The molecule has 296 valence electrons. The van der Waals surface area contributed by atoms with Gasteiger partial charge < -0.3 is 30.1 Å². The molecule has 1 unspecified atom stereocenters. The summed E-state index contributed by atoms with van der Waals surface area (Å²) in [5.74, 6) is -20.0. The van der Waals surface area contributed by atoms with Crippen LogP contribution < -0.4 is 26.6 Å². The number of esters is 1. The maximum absolute atomic E-state index is 14.7. The number of rotatable bonds is 17. The zero-order valence-electron chi connectivity index (χ0n) is 30.0. The van der Waals surface area contributed by atoms with Gasteiger partial charge in [0.25, 0.3) is 0 Å². The molecule has 1 atom stereocenters. The molecule has 1 aromatic heterocycles. The molecule has 0 aliphatic heterocycles. The number of benzene rings is 2. The molecule has 8 nitrogen and oxygen atoms in total. The highest BCUT2D eigenvalue weighted by atomic mass is 19.4. The minimum absolute atomic E-state index is 0.0491. The van der Waals surface area contributed by atoms with Gasteiger partial charge in [-0.1, -0.05) is 31.9 Å². The fourth-order valence-electron chi connectivity index (χ4n) is 5.51. The molecule has 0 radical (unpaired) electrons. The van der Waals surface area contributed by atoms with E-state index in [1.807, 2.05) is 6.92 Å². The summed E-state index contributed by atoms with van der Waals surface area (Å²) in [6.07, 6.45) is -2.47. The van der Waals surface area contributed by atoms with Gasteiger partial charge in [-0.25, -0.2) is 4.79 Å². The number of nitrogens with two attached hydrogens (primary N) is 2. The number of aryl methyl sites for hydroxylation is 1. The molecule has 17 heteroatoms. The second-order valence-electron chi connectivity index (χ2n) is 14.5. The van der Waals surface area contributed by atoms with Crippen molar-refractivity contribution >= 4 is 16.9 Å². The van der Waals surface area contributed by atoms with Crippen LogP contribution in [0.2, 0.25) is 0 Å². The lowest BCUT2D eigenvalue weighted by atomic mass is 9.67. The van der Waals surface area contributed by atoms with E-state index in [4.69, 9.17) is 20.6 Å². The first-order valence-electron chi connectivity index (χ1n) is 16.5. The van der Waals surface area contributed by atoms with Crippen molar-refractivity contribution in [2.45, 2.75) is 109 Å². The summed E-state index contributed by atoms with van der Waals surface area (Å²) in [5.41, 5.74) is 6.05. The van der Waals surface area contributed by atoms with Gasteiger partial charge >= 0.3 is 35.7 Å². The number of unbranched alkanes of at least 4 members (excludes halogenated alkanes) is 2. The smallest absolute Gasteiger partial charge is 0.487 e. The summed E-state index contributed by atoms with van der Waals surface area (Å²) in [6.45, 7) is 4.16. The third kappa shape index (κ3) is 10.4. The van der Waals surface area contributed by atoms with Crippen LogP contribution in [0.25, 0.3) is 22.1 Å². The van der Waals surface area contributed by atoms with Crippen molar-refractivity contribution in [3.05, 3.63) is 58.4 Å². The Morgan fingerprint density at radius 1 is 0.792 bits per heavy atom. The Labute approximate surface area is 299 Å². The standard InChI is InChI=1S/C36H43F9N2O6/c1-7-8-9-10-21-11-14-24(27(15-21)53-36(43,44)45)25-16-22-12-13-23(17-26(22)52-28(25)48)50-19-33(37,38)35(41,42)34(39,40)20-51-29(49)32(6,31(4,5)47)18-30(2,3)46/h11-17H,7-10,18-20,46-47H2,1-6H3. The normalized spacial score (nSPS) is 14.6. The number of halogens is 9. The predicted octanol–water partition coefficient (Wildman–Crippen LogP) is 8.79. The van der Waals surface area contributed by atoms with Gasteiger partial charge in [0.1, 0.15) is 17.1 Å². The number of ether oxygens (including phenoxy) is 3. The second-order valence-corrected chi connectivity index (χ2v) is 14.5. The zero-order valence-corrected chi connectivity index (χ0v) is 30.0. The van der Waals surface area contributed by atoms with Gasteiger partial charge in [0, 0.05) is 28.1 Å². The van der Waals surface area contributed by atoms with Gasteiger partial charge in [-0.15, -0.1) is 13.2 Å². The molecule has 0 spiro atoms. The minimum Gasteiger partial charge on any atom is -0.487 e. The molecule has 3 aromatic rings. The Morgan fingerprint density at radius 3 is 1.98 bits per heavy atom. The summed E-state index contributed by atoms with van der Waals surface area (Å²) in [5, 5.41) is 0.0491. The van der Waals surface area contributed by atoms with Gasteiger partial charge in [-0.05, 0) is 83.7 Å². The lowest BCUT2D eigenvalue weighted by Gasteiger charge is -2.43. The van der Waals surface area contributed by atoms with Crippen LogP contribution in [0.15, 0.2) is 51.7 Å². The van der Waals surface area contributed by atoms with E-state index < -0.39 is 76.9 Å². The van der Waals surface area contributed by atoms with E-state index in [1.165, 1.54) is 46.8 Å². The van der Waals surface area contributed by atoms with Crippen molar-refractivity contribution in [1.82, 2.24) is 0 Å². The topological polar surface area (TPSA) is 127 Å². The molecule has 4 N–H and O–H groups in total. The van der Waals surface area contributed by atoms with Crippen molar-refractivity contribution in [1.29, 1.82) is 0 Å². The third-order valence-electron chi connectivity index (χ3n) is 8.74. The number of hydrogen-bond acceptors (Lipinski definition) is 8. The van der Waals surface area contributed by atoms with E-state index in [0.717, 1.165) is 43.2 Å². The van der Waals surface area contributed by atoms with Crippen molar-refractivity contribution in [2.24, 2.45) is 16.9 Å². The quantitative estimate of drug-likeness (QED) is 0.0604. The molecule has 53 heavy (non-hydrogen) atoms. The van der Waals surface area contributed by atoms with Gasteiger partial charge in [0.05, 0.1) is 11.0 Å². The Kier molecular flexibility index (Phi) is 12.6. The highest BCUT2D eigenvalue weighted by molar-refractivity contribution is 5.84. The Bertz CT molecular complexity index is 1810. The Balaban J connectivity index is 1.82. The number of alkyl halides is 9. The average Bonchev–Trinajstić information content (AvgIpc) is 3.00. The third-order valence-corrected chi connectivity index (χ3v) is 8.74. The highest BCUT2D eigenvalue weighted by Crippen LogP contribution is 2.47. The lowest BCUT2D eigenvalue weighted by molar-refractivity contribution is -0.323. The molecule has 0 saturated carbocycles. The zero-order chi connectivity index (χ0) is 40.4. The highest BCUT2D eigenvalue weighted by Gasteiger charge is 2.72. The van der Waals surface area contributed by atoms with Crippen LogP contribution in [0, 0.1) is 5.41 Å². The second kappa shape index (κ2) is 15.4. The van der Waals surface area contributed by atoms with Crippen LogP contribution in [0.3, 0.4) is 0 Å². The van der Waals surface area contributed by atoms with E-state index in [9.17, 15) is 49.1 Å². The number of hydrogen-bond donors (Lipinski definition) is 2. The number of carbonyl (C=O) groups is 1. The molecule has 0 saturated heterocycles. The predicted molar refractivity (Wildman–Crippen MR) is 178 cm³/mol. The fourth-order valence-corrected chi connectivity index (χ4v) is 5.51. The van der Waals surface area contributed by atoms with Crippen LogP contribution in [-0.2, 0) is 16.0 Å². The van der Waals surface area contributed by atoms with Crippen molar-refractivity contribution in [3.8, 4) is 22.6 Å². The van der Waals surface area contributed by atoms with Crippen LogP contribution >= 0.6 is 0 Å². The van der Waals surface area contributed by atoms with Crippen molar-refractivity contribution in [3.63, 3.8) is 0 Å². The van der Waals surface area contributed by atoms with E-state index in [2.05, 4.69) is 9.47 Å². The summed E-state index contributed by atoms with van der Waals surface area (Å²) in [6, 6.07) is 7.97. The Morgan fingerprint density at radius 2 is 1.42 bits per heavy atom. The molecule has 0 bridgehead atoms. The van der Waals surface area contributed by atoms with E-state index >= 15 is 0 Å². The first-order chi connectivity index (χ1) is 24.0. The summed E-state index contributed by atoms with van der Waals surface area (Å²) in [4.78, 5) is 25.8. The number of carbonyl (C=O) groups excluding carboxylic acids is 1. The molecular formula is C36H43F9N2O6. The maximum atomic E-state index is 14.7. The molecule has 1 heterocycles. The molecule has 0 aliphatic rings. The van der Waals surface area contributed by atoms with Crippen molar-refractivity contribution < 1.29 is 62.9 Å².